The SMILES string of the molecule is COC(=O)C1=C(CN2CCO[C@H](C)[C@@H]2OC(=O)O)NC(c2nccs2)=N[C@H]1c1ccccc1Br. The molecule has 34 heavy (non-hydrogen) atoms. The largest absolute Gasteiger partial charge is 0.507 e. The number of carboxylic acid groups (broad SMARTS) is 1. The van der Waals surface area contributed by atoms with Crippen molar-refractivity contribution in [1.82, 2.24) is 15.2 Å². The number of halogens is 1. The van der Waals surface area contributed by atoms with E-state index in [4.69, 9.17) is 19.2 Å². The summed E-state index contributed by atoms with van der Waals surface area (Å²) >= 11 is 4.99. The summed E-state index contributed by atoms with van der Waals surface area (Å²) in [7, 11) is 1.32. The van der Waals surface area contributed by atoms with Gasteiger partial charge in [0.2, 0.25) is 0 Å². The van der Waals surface area contributed by atoms with Gasteiger partial charge in [-0.1, -0.05) is 34.1 Å². The molecule has 1 aromatic heterocycles. The highest BCUT2D eigenvalue weighted by atomic mass is 79.9. The maximum absolute atomic E-state index is 13.0. The first-order valence-corrected chi connectivity index (χ1v) is 12.1. The average molecular weight is 551 g/mol. The second-order valence-electron chi connectivity index (χ2n) is 7.57. The van der Waals surface area contributed by atoms with Crippen LogP contribution >= 0.6 is 27.3 Å². The highest BCUT2D eigenvalue weighted by Crippen LogP contribution is 2.36. The second kappa shape index (κ2) is 10.6. The molecule has 180 valence electrons. The van der Waals surface area contributed by atoms with E-state index in [1.54, 1.807) is 13.1 Å². The predicted molar refractivity (Wildman–Crippen MR) is 128 cm³/mol. The summed E-state index contributed by atoms with van der Waals surface area (Å²) in [5.74, 6) is -0.0300. The van der Waals surface area contributed by atoms with Gasteiger partial charge >= 0.3 is 12.1 Å². The smallest absolute Gasteiger partial charge is 0.466 e. The molecule has 0 spiro atoms. The number of carbonyl (C=O) groups is 2. The topological polar surface area (TPSA) is 123 Å². The highest BCUT2D eigenvalue weighted by Gasteiger charge is 2.38. The number of benzene rings is 1. The molecule has 2 aliphatic heterocycles. The molecule has 0 bridgehead atoms. The second-order valence-corrected chi connectivity index (χ2v) is 9.32. The van der Waals surface area contributed by atoms with Crippen molar-refractivity contribution < 1.29 is 28.9 Å². The molecule has 2 aliphatic rings. The fraction of sp³-hybridized carbons (Fsp3) is 0.364. The molecular formula is C22H23BrN4O6S. The Morgan fingerprint density at radius 1 is 1.38 bits per heavy atom. The molecule has 0 saturated carbocycles. The van der Waals surface area contributed by atoms with Crippen LogP contribution in [0.4, 0.5) is 4.79 Å². The van der Waals surface area contributed by atoms with Gasteiger partial charge in [0.25, 0.3) is 0 Å². The van der Waals surface area contributed by atoms with Crippen molar-refractivity contribution in [2.45, 2.75) is 25.3 Å². The molecule has 0 radical (unpaired) electrons. The number of thiazole rings is 1. The number of ether oxygens (including phenoxy) is 3. The lowest BCUT2D eigenvalue weighted by atomic mass is 9.95. The number of morpholine rings is 1. The third-order valence-electron chi connectivity index (χ3n) is 5.47. The summed E-state index contributed by atoms with van der Waals surface area (Å²) < 4.78 is 16.6. The first kappa shape index (κ1) is 24.3. The Labute approximate surface area is 208 Å². The Morgan fingerprint density at radius 3 is 2.85 bits per heavy atom. The van der Waals surface area contributed by atoms with Crippen molar-refractivity contribution in [2.24, 2.45) is 4.99 Å². The lowest BCUT2D eigenvalue weighted by molar-refractivity contribution is -0.155. The molecule has 3 atom stereocenters. The van der Waals surface area contributed by atoms with Gasteiger partial charge in [-0.25, -0.2) is 14.6 Å². The molecule has 10 nitrogen and oxygen atoms in total. The number of nitrogens with one attached hydrogen (secondary N) is 1. The quantitative estimate of drug-likeness (QED) is 0.522. The van der Waals surface area contributed by atoms with Gasteiger partial charge in [0, 0.05) is 34.8 Å². The van der Waals surface area contributed by atoms with Crippen molar-refractivity contribution in [1.29, 1.82) is 0 Å². The Balaban J connectivity index is 1.80. The monoisotopic (exact) mass is 550 g/mol. The van der Waals surface area contributed by atoms with Gasteiger partial charge in [-0.15, -0.1) is 11.3 Å². The van der Waals surface area contributed by atoms with Crippen molar-refractivity contribution in [2.75, 3.05) is 26.8 Å². The van der Waals surface area contributed by atoms with E-state index >= 15 is 0 Å². The molecule has 0 aliphatic carbocycles. The number of aromatic nitrogens is 1. The van der Waals surface area contributed by atoms with Crippen LogP contribution in [0.15, 0.2) is 56.6 Å². The molecule has 2 aromatic rings. The number of aliphatic imine (C=N–C) groups is 1. The Morgan fingerprint density at radius 2 is 2.18 bits per heavy atom. The van der Waals surface area contributed by atoms with Crippen LogP contribution in [-0.2, 0) is 19.0 Å². The fourth-order valence-electron chi connectivity index (χ4n) is 3.95. The normalized spacial score (nSPS) is 23.1. The van der Waals surface area contributed by atoms with E-state index in [1.165, 1.54) is 18.4 Å². The van der Waals surface area contributed by atoms with Gasteiger partial charge in [0.1, 0.15) is 12.1 Å². The zero-order chi connectivity index (χ0) is 24.2. The molecule has 1 aromatic carbocycles. The van der Waals surface area contributed by atoms with E-state index in [0.717, 1.165) is 10.0 Å². The highest BCUT2D eigenvalue weighted by molar-refractivity contribution is 9.10. The average Bonchev–Trinajstić information content (AvgIpc) is 3.36. The lowest BCUT2D eigenvalue weighted by Crippen LogP contribution is -2.54. The number of methoxy groups -OCH3 is 1. The zero-order valence-electron chi connectivity index (χ0n) is 18.4. The van der Waals surface area contributed by atoms with Crippen LogP contribution < -0.4 is 5.32 Å². The summed E-state index contributed by atoms with van der Waals surface area (Å²) in [5.41, 5.74) is 1.63. The van der Waals surface area contributed by atoms with Gasteiger partial charge in [-0.05, 0) is 18.6 Å². The first-order chi connectivity index (χ1) is 16.4. The van der Waals surface area contributed by atoms with Gasteiger partial charge in [-0.2, -0.15) is 0 Å². The van der Waals surface area contributed by atoms with E-state index in [9.17, 15) is 14.7 Å². The number of esters is 1. The summed E-state index contributed by atoms with van der Waals surface area (Å²) in [6.07, 6.45) is -1.05. The third-order valence-corrected chi connectivity index (χ3v) is 6.97. The van der Waals surface area contributed by atoms with E-state index in [2.05, 4.69) is 26.2 Å². The van der Waals surface area contributed by atoms with Crippen molar-refractivity contribution >= 4 is 45.2 Å². The molecule has 0 amide bonds. The van der Waals surface area contributed by atoms with Crippen LogP contribution in [-0.4, -0.2) is 72.1 Å². The molecule has 12 heteroatoms. The summed E-state index contributed by atoms with van der Waals surface area (Å²) in [5, 5.41) is 15.0. The maximum atomic E-state index is 13.0. The van der Waals surface area contributed by atoms with Crippen molar-refractivity contribution in [3.05, 3.63) is 62.2 Å². The fourth-order valence-corrected chi connectivity index (χ4v) is 5.04. The minimum Gasteiger partial charge on any atom is -0.466 e. The number of amidine groups is 1. The lowest BCUT2D eigenvalue weighted by Gasteiger charge is -2.39. The molecule has 0 unspecified atom stereocenters. The van der Waals surface area contributed by atoms with E-state index < -0.39 is 30.5 Å². The van der Waals surface area contributed by atoms with E-state index in [-0.39, 0.29) is 6.54 Å². The Bertz CT molecular complexity index is 1120. The van der Waals surface area contributed by atoms with Crippen LogP contribution in [0.3, 0.4) is 0 Å². The minimum atomic E-state index is -1.40. The zero-order valence-corrected chi connectivity index (χ0v) is 20.8. The van der Waals surface area contributed by atoms with Gasteiger partial charge in [-0.3, -0.25) is 9.89 Å². The summed E-state index contributed by atoms with van der Waals surface area (Å²) in [4.78, 5) is 35.4. The predicted octanol–water partition coefficient (Wildman–Crippen LogP) is 3.17. The van der Waals surface area contributed by atoms with Crippen LogP contribution in [0.2, 0.25) is 0 Å². The first-order valence-electron chi connectivity index (χ1n) is 10.4. The van der Waals surface area contributed by atoms with Crippen molar-refractivity contribution in [3.63, 3.8) is 0 Å². The minimum absolute atomic E-state index is 0.182. The number of hydrogen-bond acceptors (Lipinski definition) is 10. The van der Waals surface area contributed by atoms with Gasteiger partial charge in [0.15, 0.2) is 17.1 Å². The Hall–Kier alpha value is -2.80. The molecule has 1 saturated heterocycles. The molecule has 3 heterocycles. The number of hydrogen-bond donors (Lipinski definition) is 2. The number of nitrogens with zero attached hydrogens (tertiary/aromatic N) is 3. The van der Waals surface area contributed by atoms with Gasteiger partial charge in [0.05, 0.1) is 19.3 Å². The van der Waals surface area contributed by atoms with Crippen molar-refractivity contribution in [3.8, 4) is 0 Å². The van der Waals surface area contributed by atoms with Gasteiger partial charge < -0.3 is 24.6 Å². The van der Waals surface area contributed by atoms with Crippen LogP contribution in [0.25, 0.3) is 0 Å². The van der Waals surface area contributed by atoms with E-state index in [0.29, 0.717) is 35.3 Å². The maximum Gasteiger partial charge on any atom is 0.507 e. The van der Waals surface area contributed by atoms with Crippen LogP contribution in [0, 0.1) is 0 Å². The van der Waals surface area contributed by atoms with Crippen LogP contribution in [0.5, 0.6) is 0 Å². The molecular weight excluding hydrogens is 528 g/mol. The Kier molecular flexibility index (Phi) is 7.61. The summed E-state index contributed by atoms with van der Waals surface area (Å²) in [6.45, 7) is 2.73. The molecule has 2 N–H and O–H groups in total. The standard InChI is InChI=1S/C22H23BrN4O6S/c1-12-20(33-22(29)30)27(8-9-32-12)11-15-16(21(28)31-2)17(13-5-3-4-6-14(13)23)26-18(25-15)19-24-7-10-34-19/h3-7,10,12,17,20H,8-9,11H2,1-2H3,(H,25,26)(H,29,30)/t12-,17+,20+/m1/s1. The number of carbonyl (C=O) groups excluding carboxylic acids is 1. The van der Waals surface area contributed by atoms with E-state index in [1.807, 2.05) is 34.5 Å². The molecule has 4 rings (SSSR count). The number of rotatable bonds is 6. The molecule has 1 fully saturated rings. The summed E-state index contributed by atoms with van der Waals surface area (Å²) in [6, 6.07) is 6.85. The third kappa shape index (κ3) is 5.14. The van der Waals surface area contributed by atoms with Crippen LogP contribution in [0.1, 0.15) is 23.5 Å².